The summed E-state index contributed by atoms with van der Waals surface area (Å²) in [5.41, 5.74) is 3.93. The van der Waals surface area contributed by atoms with Gasteiger partial charge in [0.15, 0.2) is 4.77 Å². The van der Waals surface area contributed by atoms with Crippen molar-refractivity contribution in [2.75, 3.05) is 0 Å². The van der Waals surface area contributed by atoms with Gasteiger partial charge in [0.05, 0.1) is 34.8 Å². The molecule has 0 spiro atoms. The molecule has 1 heterocycles. The van der Waals surface area contributed by atoms with Crippen molar-refractivity contribution in [1.82, 2.24) is 9.55 Å². The van der Waals surface area contributed by atoms with E-state index in [1.807, 2.05) is 28.8 Å². The van der Waals surface area contributed by atoms with Crippen LogP contribution < -0.4 is 0 Å². The third-order valence-electron chi connectivity index (χ3n) is 3.35. The highest BCUT2D eigenvalue weighted by Crippen LogP contribution is 2.19. The quantitative estimate of drug-likeness (QED) is 0.734. The van der Waals surface area contributed by atoms with Crippen LogP contribution in [0.4, 0.5) is 0 Å². The third kappa shape index (κ3) is 2.31. The number of rotatable bonds is 2. The molecule has 0 amide bonds. The van der Waals surface area contributed by atoms with Gasteiger partial charge in [0.25, 0.3) is 0 Å². The standard InChI is InChI=1S/C16H10N4S/c17-8-11-4-6-12(7-5-11)10-20-14-3-1-2-13(9-18)15(14)19-16(20)21/h1-7H,10H2,(H,19,21). The Bertz CT molecular complexity index is 949. The van der Waals surface area contributed by atoms with E-state index >= 15 is 0 Å². The molecule has 5 heteroatoms. The second-order valence-electron chi connectivity index (χ2n) is 4.64. The van der Waals surface area contributed by atoms with Gasteiger partial charge >= 0.3 is 0 Å². The summed E-state index contributed by atoms with van der Waals surface area (Å²) in [6, 6.07) is 17.2. The van der Waals surface area contributed by atoms with Gasteiger partial charge in [0, 0.05) is 0 Å². The van der Waals surface area contributed by atoms with Gasteiger partial charge in [-0.05, 0) is 42.0 Å². The second-order valence-corrected chi connectivity index (χ2v) is 5.02. The smallest absolute Gasteiger partial charge is 0.178 e. The predicted molar refractivity (Wildman–Crippen MR) is 82.1 cm³/mol. The summed E-state index contributed by atoms with van der Waals surface area (Å²) < 4.78 is 2.53. The normalized spacial score (nSPS) is 10.2. The average Bonchev–Trinajstić information content (AvgIpc) is 2.84. The van der Waals surface area contributed by atoms with E-state index in [-0.39, 0.29) is 0 Å². The Balaban J connectivity index is 2.09. The number of para-hydroxylation sites is 1. The number of hydrogen-bond donors (Lipinski definition) is 1. The van der Waals surface area contributed by atoms with Gasteiger partial charge in [-0.1, -0.05) is 18.2 Å². The van der Waals surface area contributed by atoms with Gasteiger partial charge in [-0.15, -0.1) is 0 Å². The van der Waals surface area contributed by atoms with Crippen LogP contribution in [0.25, 0.3) is 11.0 Å². The monoisotopic (exact) mass is 290 g/mol. The number of benzene rings is 2. The Labute approximate surface area is 126 Å². The molecule has 3 aromatic rings. The Hall–Kier alpha value is -2.89. The van der Waals surface area contributed by atoms with Crippen LogP contribution >= 0.6 is 12.2 Å². The van der Waals surface area contributed by atoms with Gasteiger partial charge in [0.1, 0.15) is 6.07 Å². The largest absolute Gasteiger partial charge is 0.329 e. The van der Waals surface area contributed by atoms with E-state index in [1.165, 1.54) is 0 Å². The summed E-state index contributed by atoms with van der Waals surface area (Å²) in [6.45, 7) is 0.597. The van der Waals surface area contributed by atoms with Gasteiger partial charge in [-0.2, -0.15) is 10.5 Å². The molecular weight excluding hydrogens is 280 g/mol. The molecule has 21 heavy (non-hydrogen) atoms. The van der Waals surface area contributed by atoms with Crippen molar-refractivity contribution in [1.29, 1.82) is 10.5 Å². The summed E-state index contributed by atoms with van der Waals surface area (Å²) in [5.74, 6) is 0. The lowest BCUT2D eigenvalue weighted by Crippen LogP contribution is -1.99. The first-order valence-corrected chi connectivity index (χ1v) is 6.74. The summed E-state index contributed by atoms with van der Waals surface area (Å²) >= 11 is 5.35. The molecule has 4 nitrogen and oxygen atoms in total. The highest BCUT2D eigenvalue weighted by Gasteiger charge is 2.08. The molecule has 0 saturated heterocycles. The van der Waals surface area contributed by atoms with Gasteiger partial charge in [-0.3, -0.25) is 0 Å². The number of nitrogens with zero attached hydrogens (tertiary/aromatic N) is 3. The van der Waals surface area contributed by atoms with Crippen molar-refractivity contribution >= 4 is 23.3 Å². The fraction of sp³-hybridized carbons (Fsp3) is 0.0625. The summed E-state index contributed by atoms with van der Waals surface area (Å²) in [5, 5.41) is 18.0. The molecule has 0 saturated carbocycles. The van der Waals surface area contributed by atoms with E-state index in [2.05, 4.69) is 17.1 Å². The highest BCUT2D eigenvalue weighted by molar-refractivity contribution is 7.71. The maximum absolute atomic E-state index is 9.14. The van der Waals surface area contributed by atoms with Crippen molar-refractivity contribution < 1.29 is 0 Å². The molecule has 0 unspecified atom stereocenters. The van der Waals surface area contributed by atoms with Crippen LogP contribution in [-0.2, 0) is 6.54 Å². The van der Waals surface area contributed by atoms with E-state index in [1.54, 1.807) is 18.2 Å². The number of fused-ring (bicyclic) bond motifs is 1. The van der Waals surface area contributed by atoms with Gasteiger partial charge in [0.2, 0.25) is 0 Å². The molecule has 2 aromatic carbocycles. The number of imidazole rings is 1. The molecule has 0 aliphatic rings. The fourth-order valence-corrected chi connectivity index (χ4v) is 2.56. The minimum absolute atomic E-state index is 0.581. The van der Waals surface area contributed by atoms with E-state index in [4.69, 9.17) is 22.7 Å². The average molecular weight is 290 g/mol. The van der Waals surface area contributed by atoms with E-state index < -0.39 is 0 Å². The maximum atomic E-state index is 9.14. The topological polar surface area (TPSA) is 68.3 Å². The van der Waals surface area contributed by atoms with E-state index in [0.29, 0.717) is 22.4 Å². The van der Waals surface area contributed by atoms with Crippen molar-refractivity contribution in [2.45, 2.75) is 6.54 Å². The first-order valence-electron chi connectivity index (χ1n) is 6.33. The summed E-state index contributed by atoms with van der Waals surface area (Å²) in [6.07, 6.45) is 0. The molecule has 100 valence electrons. The molecule has 1 aromatic heterocycles. The van der Waals surface area contributed by atoms with Crippen LogP contribution in [0, 0.1) is 27.4 Å². The lowest BCUT2D eigenvalue weighted by atomic mass is 10.1. The van der Waals surface area contributed by atoms with Crippen LogP contribution in [0.1, 0.15) is 16.7 Å². The lowest BCUT2D eigenvalue weighted by molar-refractivity contribution is 0.810. The van der Waals surface area contributed by atoms with Crippen LogP contribution in [0.3, 0.4) is 0 Å². The Morgan fingerprint density at radius 3 is 2.48 bits per heavy atom. The Kier molecular flexibility index (Phi) is 3.27. The third-order valence-corrected chi connectivity index (χ3v) is 3.68. The maximum Gasteiger partial charge on any atom is 0.178 e. The molecule has 0 fully saturated rings. The highest BCUT2D eigenvalue weighted by atomic mass is 32.1. The van der Waals surface area contributed by atoms with Gasteiger partial charge < -0.3 is 9.55 Å². The Morgan fingerprint density at radius 1 is 1.05 bits per heavy atom. The number of hydrogen-bond acceptors (Lipinski definition) is 3. The SMILES string of the molecule is N#Cc1ccc(Cn2c(=S)[nH]c3c(C#N)cccc32)cc1. The lowest BCUT2D eigenvalue weighted by Gasteiger charge is -2.05. The predicted octanol–water partition coefficient (Wildman–Crippen LogP) is 3.49. The van der Waals surface area contributed by atoms with E-state index in [9.17, 15) is 0 Å². The minimum atomic E-state index is 0.581. The van der Waals surface area contributed by atoms with Gasteiger partial charge in [-0.25, -0.2) is 0 Å². The fourth-order valence-electron chi connectivity index (χ4n) is 2.30. The van der Waals surface area contributed by atoms with Crippen molar-refractivity contribution in [3.8, 4) is 12.1 Å². The Morgan fingerprint density at radius 2 is 1.81 bits per heavy atom. The minimum Gasteiger partial charge on any atom is -0.329 e. The first-order chi connectivity index (χ1) is 10.2. The zero-order valence-electron chi connectivity index (χ0n) is 11.0. The van der Waals surface area contributed by atoms with E-state index in [0.717, 1.165) is 16.6 Å². The number of nitrogens with one attached hydrogen (secondary N) is 1. The molecule has 0 atom stereocenters. The molecule has 0 aliphatic heterocycles. The summed E-state index contributed by atoms with van der Waals surface area (Å²) in [7, 11) is 0. The van der Waals surface area contributed by atoms with Crippen molar-refractivity contribution in [3.63, 3.8) is 0 Å². The first kappa shape index (κ1) is 13.1. The van der Waals surface area contributed by atoms with Crippen LogP contribution in [0.15, 0.2) is 42.5 Å². The number of H-pyrrole nitrogens is 1. The van der Waals surface area contributed by atoms with Crippen LogP contribution in [0.2, 0.25) is 0 Å². The number of aromatic amines is 1. The molecule has 0 aliphatic carbocycles. The zero-order valence-corrected chi connectivity index (χ0v) is 11.8. The van der Waals surface area contributed by atoms with Crippen molar-refractivity contribution in [3.05, 3.63) is 63.9 Å². The number of nitriles is 2. The number of aromatic nitrogens is 2. The van der Waals surface area contributed by atoms with Crippen LogP contribution in [-0.4, -0.2) is 9.55 Å². The van der Waals surface area contributed by atoms with Crippen molar-refractivity contribution in [2.24, 2.45) is 0 Å². The van der Waals surface area contributed by atoms with Crippen LogP contribution in [0.5, 0.6) is 0 Å². The molecule has 1 N–H and O–H groups in total. The zero-order chi connectivity index (χ0) is 14.8. The summed E-state index contributed by atoms with van der Waals surface area (Å²) in [4.78, 5) is 3.09. The molecule has 0 bridgehead atoms. The second kappa shape index (κ2) is 5.24. The molecule has 3 rings (SSSR count). The molecular formula is C16H10N4S. The molecule has 0 radical (unpaired) electrons.